The van der Waals surface area contributed by atoms with Crippen molar-refractivity contribution in [2.45, 2.75) is 31.9 Å². The van der Waals surface area contributed by atoms with Crippen LogP contribution in [0.25, 0.3) is 0 Å². The molecule has 2 heterocycles. The third-order valence-electron chi connectivity index (χ3n) is 4.93. The van der Waals surface area contributed by atoms with E-state index in [0.29, 0.717) is 5.56 Å². The summed E-state index contributed by atoms with van der Waals surface area (Å²) in [4.78, 5) is 15.5. The maximum atomic E-state index is 11.1. The first-order valence-corrected chi connectivity index (χ1v) is 8.26. The van der Waals surface area contributed by atoms with Crippen LogP contribution >= 0.6 is 0 Å². The molecule has 0 N–H and O–H groups in total. The van der Waals surface area contributed by atoms with Crippen molar-refractivity contribution in [2.24, 2.45) is 0 Å². The molecule has 0 saturated carbocycles. The number of nitro groups is 1. The van der Waals surface area contributed by atoms with Gasteiger partial charge in [0.1, 0.15) is 0 Å². The van der Waals surface area contributed by atoms with E-state index in [1.165, 1.54) is 0 Å². The number of hydrogen-bond acceptors (Lipinski definition) is 5. The van der Waals surface area contributed by atoms with Crippen LogP contribution < -0.4 is 0 Å². The molecule has 2 fully saturated rings. The quantitative estimate of drug-likeness (QED) is 0.631. The molecule has 0 bridgehead atoms. The van der Waals surface area contributed by atoms with Crippen LogP contribution in [0.1, 0.15) is 24.0 Å². The van der Waals surface area contributed by atoms with E-state index in [0.717, 1.165) is 57.7 Å². The van der Waals surface area contributed by atoms with Gasteiger partial charge in [0.2, 0.25) is 0 Å². The molecule has 126 valence electrons. The third-order valence-corrected chi connectivity index (χ3v) is 4.93. The first kappa shape index (κ1) is 16.4. The van der Waals surface area contributed by atoms with Gasteiger partial charge in [-0.3, -0.25) is 15.0 Å². The summed E-state index contributed by atoms with van der Waals surface area (Å²) in [6.07, 6.45) is 2.21. The van der Waals surface area contributed by atoms with Crippen molar-refractivity contribution in [2.75, 3.05) is 39.8 Å². The van der Waals surface area contributed by atoms with Gasteiger partial charge in [0, 0.05) is 37.8 Å². The van der Waals surface area contributed by atoms with Crippen LogP contribution in [0.15, 0.2) is 18.2 Å². The van der Waals surface area contributed by atoms with Crippen LogP contribution in [-0.4, -0.2) is 60.2 Å². The lowest BCUT2D eigenvalue weighted by Gasteiger charge is -2.47. The van der Waals surface area contributed by atoms with Crippen LogP contribution in [0.2, 0.25) is 0 Å². The van der Waals surface area contributed by atoms with E-state index in [1.54, 1.807) is 13.0 Å². The minimum atomic E-state index is -0.296. The van der Waals surface area contributed by atoms with Gasteiger partial charge < -0.3 is 9.64 Å². The summed E-state index contributed by atoms with van der Waals surface area (Å²) in [7, 11) is 2.15. The van der Waals surface area contributed by atoms with Crippen molar-refractivity contribution >= 4 is 5.69 Å². The summed E-state index contributed by atoms with van der Waals surface area (Å²) < 4.78 is 6.13. The molecule has 6 heteroatoms. The molecular formula is C17H25N3O3. The summed E-state index contributed by atoms with van der Waals surface area (Å²) in [6.45, 7) is 7.21. The topological polar surface area (TPSA) is 58.8 Å². The molecule has 0 aliphatic carbocycles. The standard InChI is InChI=1S/C17H25N3O3/c1-14-4-5-15(10-16(14)20(21)22)11-19-7-3-6-17(13-19)12-18(2)8-9-23-17/h4-5,10H,3,6-9,11-13H2,1-2H3. The lowest BCUT2D eigenvalue weighted by atomic mass is 9.90. The van der Waals surface area contributed by atoms with Crippen LogP contribution in [0.4, 0.5) is 5.69 Å². The monoisotopic (exact) mass is 319 g/mol. The van der Waals surface area contributed by atoms with E-state index in [4.69, 9.17) is 4.74 Å². The fraction of sp³-hybridized carbons (Fsp3) is 0.647. The summed E-state index contributed by atoms with van der Waals surface area (Å²) in [5.74, 6) is 0. The maximum Gasteiger partial charge on any atom is 0.272 e. The van der Waals surface area contributed by atoms with Gasteiger partial charge in [0.25, 0.3) is 5.69 Å². The molecule has 1 atom stereocenters. The molecule has 0 amide bonds. The molecule has 2 aliphatic heterocycles. The minimum Gasteiger partial charge on any atom is -0.371 e. The predicted molar refractivity (Wildman–Crippen MR) is 88.5 cm³/mol. The molecular weight excluding hydrogens is 294 g/mol. The number of piperidine rings is 1. The van der Waals surface area contributed by atoms with Crippen molar-refractivity contribution in [3.63, 3.8) is 0 Å². The van der Waals surface area contributed by atoms with Crippen LogP contribution in [0.3, 0.4) is 0 Å². The van der Waals surface area contributed by atoms with E-state index in [9.17, 15) is 10.1 Å². The Balaban J connectivity index is 1.70. The molecule has 2 saturated heterocycles. The van der Waals surface area contributed by atoms with E-state index in [2.05, 4.69) is 16.8 Å². The molecule has 0 aromatic heterocycles. The van der Waals surface area contributed by atoms with Gasteiger partial charge in [-0.15, -0.1) is 0 Å². The first-order valence-electron chi connectivity index (χ1n) is 8.26. The van der Waals surface area contributed by atoms with Gasteiger partial charge in [-0.1, -0.05) is 12.1 Å². The summed E-state index contributed by atoms with van der Waals surface area (Å²) >= 11 is 0. The Bertz CT molecular complexity index is 588. The Morgan fingerprint density at radius 3 is 2.91 bits per heavy atom. The van der Waals surface area contributed by atoms with Gasteiger partial charge in [-0.05, 0) is 38.9 Å². The highest BCUT2D eigenvalue weighted by Gasteiger charge is 2.39. The lowest BCUT2D eigenvalue weighted by Crippen LogP contribution is -2.58. The molecule has 2 aliphatic rings. The normalized spacial score (nSPS) is 26.5. The van der Waals surface area contributed by atoms with Gasteiger partial charge in [-0.2, -0.15) is 0 Å². The van der Waals surface area contributed by atoms with Crippen molar-refractivity contribution < 1.29 is 9.66 Å². The number of benzene rings is 1. The summed E-state index contributed by atoms with van der Waals surface area (Å²) in [6, 6.07) is 5.56. The summed E-state index contributed by atoms with van der Waals surface area (Å²) in [5, 5.41) is 11.1. The zero-order chi connectivity index (χ0) is 16.4. The number of morpholine rings is 1. The van der Waals surface area contributed by atoms with Crippen molar-refractivity contribution in [3.8, 4) is 0 Å². The smallest absolute Gasteiger partial charge is 0.272 e. The number of hydrogen-bond donors (Lipinski definition) is 0. The van der Waals surface area contributed by atoms with E-state index < -0.39 is 0 Å². The van der Waals surface area contributed by atoms with Crippen LogP contribution in [0, 0.1) is 17.0 Å². The zero-order valence-electron chi connectivity index (χ0n) is 14.0. The number of rotatable bonds is 3. The second-order valence-corrected chi connectivity index (χ2v) is 6.96. The van der Waals surface area contributed by atoms with Gasteiger partial charge in [0.05, 0.1) is 17.1 Å². The predicted octanol–water partition coefficient (Wildman–Crippen LogP) is 2.20. The van der Waals surface area contributed by atoms with E-state index in [-0.39, 0.29) is 16.2 Å². The fourth-order valence-corrected chi connectivity index (χ4v) is 3.82. The first-order chi connectivity index (χ1) is 11.0. The molecule has 1 unspecified atom stereocenters. The molecule has 1 spiro atoms. The Kier molecular flexibility index (Phi) is 4.66. The molecule has 1 aromatic carbocycles. The fourth-order valence-electron chi connectivity index (χ4n) is 3.82. The SMILES string of the molecule is Cc1ccc(CN2CCCC3(CN(C)CCO3)C2)cc1[N+](=O)[O-]. The number of nitrogens with zero attached hydrogens (tertiary/aromatic N) is 3. The van der Waals surface area contributed by atoms with E-state index in [1.807, 2.05) is 12.1 Å². The Morgan fingerprint density at radius 1 is 1.35 bits per heavy atom. The van der Waals surface area contributed by atoms with Gasteiger partial charge in [0.15, 0.2) is 0 Å². The molecule has 0 radical (unpaired) electrons. The van der Waals surface area contributed by atoms with Gasteiger partial charge >= 0.3 is 0 Å². The highest BCUT2D eigenvalue weighted by Crippen LogP contribution is 2.30. The number of aryl methyl sites for hydroxylation is 1. The number of likely N-dealkylation sites (N-methyl/N-ethyl adjacent to an activating group) is 1. The van der Waals surface area contributed by atoms with Crippen LogP contribution in [-0.2, 0) is 11.3 Å². The molecule has 3 rings (SSSR count). The average Bonchev–Trinajstić information content (AvgIpc) is 2.49. The zero-order valence-corrected chi connectivity index (χ0v) is 14.0. The third kappa shape index (κ3) is 3.71. The molecule has 23 heavy (non-hydrogen) atoms. The highest BCUT2D eigenvalue weighted by atomic mass is 16.6. The van der Waals surface area contributed by atoms with Gasteiger partial charge in [-0.25, -0.2) is 0 Å². The molecule has 1 aromatic rings. The van der Waals surface area contributed by atoms with Crippen molar-refractivity contribution in [1.29, 1.82) is 0 Å². The van der Waals surface area contributed by atoms with Crippen LogP contribution in [0.5, 0.6) is 0 Å². The second-order valence-electron chi connectivity index (χ2n) is 6.96. The Morgan fingerprint density at radius 2 is 2.17 bits per heavy atom. The minimum absolute atomic E-state index is 0.0676. The van der Waals surface area contributed by atoms with Crippen molar-refractivity contribution in [1.82, 2.24) is 9.80 Å². The van der Waals surface area contributed by atoms with Crippen molar-refractivity contribution in [3.05, 3.63) is 39.4 Å². The second kappa shape index (κ2) is 6.55. The number of nitro benzene ring substituents is 1. The molecule has 6 nitrogen and oxygen atoms in total. The largest absolute Gasteiger partial charge is 0.371 e. The average molecular weight is 319 g/mol. The maximum absolute atomic E-state index is 11.1. The van der Waals surface area contributed by atoms with E-state index >= 15 is 0 Å². The highest BCUT2D eigenvalue weighted by molar-refractivity contribution is 5.42. The Hall–Kier alpha value is -1.50. The summed E-state index contributed by atoms with van der Waals surface area (Å²) in [5.41, 5.74) is 1.86. The number of likely N-dealkylation sites (tertiary alicyclic amines) is 1. The number of ether oxygens (including phenoxy) is 1. The lowest BCUT2D eigenvalue weighted by molar-refractivity contribution is -0.385. The Labute approximate surface area is 137 Å².